The van der Waals surface area contributed by atoms with Crippen molar-refractivity contribution >= 4 is 21.6 Å². The molecular formula is C20H30N2O3S. The number of benzene rings is 1. The first-order valence-electron chi connectivity index (χ1n) is 9.64. The summed E-state index contributed by atoms with van der Waals surface area (Å²) in [5.74, 6) is 0.909. The zero-order chi connectivity index (χ0) is 19.1. The average molecular weight is 379 g/mol. The van der Waals surface area contributed by atoms with Gasteiger partial charge in [-0.25, -0.2) is 8.42 Å². The van der Waals surface area contributed by atoms with Crippen LogP contribution in [0, 0.1) is 17.8 Å². The maximum atomic E-state index is 13.2. The fraction of sp³-hybridized carbons (Fsp3) is 0.650. The quantitative estimate of drug-likeness (QED) is 0.731. The van der Waals surface area contributed by atoms with Gasteiger partial charge < -0.3 is 4.90 Å². The Labute approximate surface area is 157 Å². The molecule has 1 heterocycles. The van der Waals surface area contributed by atoms with E-state index in [1.807, 2.05) is 38.7 Å². The number of sulfonamides is 1. The van der Waals surface area contributed by atoms with Crippen LogP contribution >= 0.6 is 0 Å². The monoisotopic (exact) mass is 378 g/mol. The van der Waals surface area contributed by atoms with Gasteiger partial charge in [0.05, 0.1) is 4.90 Å². The molecule has 0 bridgehead atoms. The van der Waals surface area contributed by atoms with Crippen LogP contribution in [0.1, 0.15) is 46.1 Å². The summed E-state index contributed by atoms with van der Waals surface area (Å²) in [5.41, 5.74) is 1.86. The molecule has 2 aliphatic rings. The van der Waals surface area contributed by atoms with Gasteiger partial charge in [0, 0.05) is 31.2 Å². The second kappa shape index (κ2) is 7.31. The fourth-order valence-corrected chi connectivity index (χ4v) is 5.37. The molecule has 1 aromatic rings. The van der Waals surface area contributed by atoms with E-state index in [4.69, 9.17) is 0 Å². The van der Waals surface area contributed by atoms with Crippen LogP contribution in [0.5, 0.6) is 0 Å². The third kappa shape index (κ3) is 3.96. The maximum absolute atomic E-state index is 13.2. The lowest BCUT2D eigenvalue weighted by molar-refractivity contribution is -0.119. The molecule has 26 heavy (non-hydrogen) atoms. The number of carbonyl (C=O) groups excluding carboxylic acids is 1. The van der Waals surface area contributed by atoms with E-state index in [9.17, 15) is 13.2 Å². The molecule has 1 saturated carbocycles. The number of anilines is 1. The largest absolute Gasteiger partial charge is 0.312 e. The predicted octanol–water partition coefficient (Wildman–Crippen LogP) is 3.29. The lowest BCUT2D eigenvalue weighted by Crippen LogP contribution is -2.37. The number of amides is 1. The summed E-state index contributed by atoms with van der Waals surface area (Å²) in [6.07, 6.45) is 2.69. The van der Waals surface area contributed by atoms with Gasteiger partial charge in [0.25, 0.3) is 0 Å². The zero-order valence-corrected chi connectivity index (χ0v) is 17.1. The van der Waals surface area contributed by atoms with Crippen molar-refractivity contribution < 1.29 is 13.2 Å². The van der Waals surface area contributed by atoms with E-state index in [2.05, 4.69) is 0 Å². The second-order valence-electron chi connectivity index (χ2n) is 8.41. The smallest absolute Gasteiger partial charge is 0.243 e. The van der Waals surface area contributed by atoms with E-state index >= 15 is 0 Å². The molecule has 6 heteroatoms. The van der Waals surface area contributed by atoms with Crippen molar-refractivity contribution in [2.75, 3.05) is 24.5 Å². The van der Waals surface area contributed by atoms with Crippen LogP contribution in [-0.2, 0) is 21.2 Å². The van der Waals surface area contributed by atoms with Crippen molar-refractivity contribution in [3.8, 4) is 0 Å². The molecule has 0 radical (unpaired) electrons. The third-order valence-corrected chi connectivity index (χ3v) is 6.74. The first-order valence-corrected chi connectivity index (χ1v) is 11.1. The maximum Gasteiger partial charge on any atom is 0.243 e. The Morgan fingerprint density at radius 3 is 2.31 bits per heavy atom. The van der Waals surface area contributed by atoms with Gasteiger partial charge in [-0.3, -0.25) is 4.79 Å². The highest BCUT2D eigenvalue weighted by Gasteiger charge is 2.37. The van der Waals surface area contributed by atoms with Crippen molar-refractivity contribution in [2.24, 2.45) is 17.8 Å². The topological polar surface area (TPSA) is 57.7 Å². The number of nitrogens with zero attached hydrogens (tertiary/aromatic N) is 2. The zero-order valence-electron chi connectivity index (χ0n) is 16.2. The Hall–Kier alpha value is -1.40. The van der Waals surface area contributed by atoms with E-state index in [-0.39, 0.29) is 23.7 Å². The van der Waals surface area contributed by atoms with E-state index in [1.165, 1.54) is 0 Å². The van der Waals surface area contributed by atoms with Gasteiger partial charge in [-0.2, -0.15) is 4.31 Å². The summed E-state index contributed by atoms with van der Waals surface area (Å²) in [7, 11) is -3.52. The summed E-state index contributed by atoms with van der Waals surface area (Å²) in [6, 6.07) is 5.26. The van der Waals surface area contributed by atoms with E-state index < -0.39 is 10.0 Å². The Morgan fingerprint density at radius 2 is 1.77 bits per heavy atom. The number of hydrogen-bond donors (Lipinski definition) is 0. The number of fused-ring (bicyclic) bond motifs is 1. The number of rotatable bonds is 7. The van der Waals surface area contributed by atoms with Crippen LogP contribution in [0.2, 0.25) is 0 Å². The molecule has 144 valence electrons. The molecule has 0 unspecified atom stereocenters. The highest BCUT2D eigenvalue weighted by Crippen LogP contribution is 2.37. The first-order chi connectivity index (χ1) is 12.2. The highest BCUT2D eigenvalue weighted by atomic mass is 32.2. The Morgan fingerprint density at radius 1 is 1.15 bits per heavy atom. The molecule has 0 aromatic heterocycles. The van der Waals surface area contributed by atoms with Gasteiger partial charge in [-0.05, 0) is 54.9 Å². The van der Waals surface area contributed by atoms with Gasteiger partial charge in [0.2, 0.25) is 15.9 Å². The lowest BCUT2D eigenvalue weighted by Gasteiger charge is -2.26. The van der Waals surface area contributed by atoms with Crippen LogP contribution in [0.15, 0.2) is 23.1 Å². The Bertz CT molecular complexity index is 772. The molecule has 0 saturated heterocycles. The molecule has 0 spiro atoms. The van der Waals surface area contributed by atoms with E-state index in [0.717, 1.165) is 30.5 Å². The van der Waals surface area contributed by atoms with Gasteiger partial charge in [-0.15, -0.1) is 0 Å². The SMILES string of the molecule is CC(C)CN(CC(C)C)S(=O)(=O)c1ccc2c(c1)CCN2C(=O)C1CC1. The fourth-order valence-electron chi connectivity index (χ4n) is 3.55. The van der Waals surface area contributed by atoms with E-state index in [0.29, 0.717) is 24.5 Å². The van der Waals surface area contributed by atoms with Crippen molar-refractivity contribution in [2.45, 2.75) is 51.9 Å². The van der Waals surface area contributed by atoms with Crippen molar-refractivity contribution in [1.29, 1.82) is 0 Å². The summed E-state index contributed by atoms with van der Waals surface area (Å²) in [6.45, 7) is 9.84. The minimum Gasteiger partial charge on any atom is -0.312 e. The Kier molecular flexibility index (Phi) is 5.45. The van der Waals surface area contributed by atoms with Gasteiger partial charge >= 0.3 is 0 Å². The minimum atomic E-state index is -3.52. The van der Waals surface area contributed by atoms with E-state index in [1.54, 1.807) is 16.4 Å². The summed E-state index contributed by atoms with van der Waals surface area (Å²) in [4.78, 5) is 14.6. The van der Waals surface area contributed by atoms with Crippen LogP contribution in [-0.4, -0.2) is 38.3 Å². The highest BCUT2D eigenvalue weighted by molar-refractivity contribution is 7.89. The molecule has 5 nitrogen and oxygen atoms in total. The summed E-state index contributed by atoms with van der Waals surface area (Å²) < 4.78 is 28.0. The minimum absolute atomic E-state index is 0.178. The van der Waals surface area contributed by atoms with Crippen molar-refractivity contribution in [1.82, 2.24) is 4.31 Å². The molecule has 1 aromatic carbocycles. The van der Waals surface area contributed by atoms with Crippen molar-refractivity contribution in [3.63, 3.8) is 0 Å². The van der Waals surface area contributed by atoms with Crippen molar-refractivity contribution in [3.05, 3.63) is 23.8 Å². The predicted molar refractivity (Wildman–Crippen MR) is 104 cm³/mol. The molecule has 0 atom stereocenters. The summed E-state index contributed by atoms with van der Waals surface area (Å²) in [5, 5.41) is 0. The van der Waals surface area contributed by atoms with Crippen LogP contribution in [0.4, 0.5) is 5.69 Å². The molecule has 0 N–H and O–H groups in total. The van der Waals surface area contributed by atoms with Crippen LogP contribution in [0.25, 0.3) is 0 Å². The van der Waals surface area contributed by atoms with Gasteiger partial charge in [0.15, 0.2) is 0 Å². The molecule has 1 aliphatic carbocycles. The van der Waals surface area contributed by atoms with Gasteiger partial charge in [-0.1, -0.05) is 27.7 Å². The average Bonchev–Trinajstić information content (AvgIpc) is 3.31. The number of carbonyl (C=O) groups is 1. The standard InChI is InChI=1S/C20H30N2O3S/c1-14(2)12-21(13-15(3)4)26(24,25)18-7-8-19-17(11-18)9-10-22(19)20(23)16-5-6-16/h7-8,11,14-16H,5-6,9-10,12-13H2,1-4H3. The number of hydrogen-bond acceptors (Lipinski definition) is 3. The molecule has 1 amide bonds. The third-order valence-electron chi connectivity index (χ3n) is 4.91. The lowest BCUT2D eigenvalue weighted by atomic mass is 10.2. The second-order valence-corrected chi connectivity index (χ2v) is 10.4. The molecular weight excluding hydrogens is 348 g/mol. The summed E-state index contributed by atoms with van der Waals surface area (Å²) >= 11 is 0. The Balaban J connectivity index is 1.87. The molecule has 1 fully saturated rings. The van der Waals surface area contributed by atoms with Crippen LogP contribution in [0.3, 0.4) is 0 Å². The first kappa shape index (κ1) is 19.4. The molecule has 1 aliphatic heterocycles. The molecule has 3 rings (SSSR count). The van der Waals surface area contributed by atoms with Crippen LogP contribution < -0.4 is 4.90 Å². The normalized spacial score (nSPS) is 17.4. The van der Waals surface area contributed by atoms with Gasteiger partial charge in [0.1, 0.15) is 0 Å².